The first-order valence-corrected chi connectivity index (χ1v) is 6.94. The van der Waals surface area contributed by atoms with Gasteiger partial charge in [0.1, 0.15) is 5.82 Å². The highest BCUT2D eigenvalue weighted by atomic mass is 16.5. The van der Waals surface area contributed by atoms with Crippen LogP contribution in [0.15, 0.2) is 6.20 Å². The van der Waals surface area contributed by atoms with Crippen LogP contribution < -0.4 is 4.90 Å². The van der Waals surface area contributed by atoms with Gasteiger partial charge in [-0.05, 0) is 13.8 Å². The number of anilines is 1. The van der Waals surface area contributed by atoms with Crippen molar-refractivity contribution >= 4 is 11.7 Å². The average Bonchev–Trinajstić information content (AvgIpc) is 2.43. The molecule has 6 heteroatoms. The van der Waals surface area contributed by atoms with Gasteiger partial charge < -0.3 is 14.7 Å². The molecule has 0 aliphatic carbocycles. The van der Waals surface area contributed by atoms with Gasteiger partial charge in [-0.25, -0.2) is 14.8 Å². The van der Waals surface area contributed by atoms with Crippen molar-refractivity contribution in [3.05, 3.63) is 17.7 Å². The van der Waals surface area contributed by atoms with Gasteiger partial charge in [0, 0.05) is 25.6 Å². The molecule has 0 unspecified atom stereocenters. The monoisotopic (exact) mass is 281 g/mol. The van der Waals surface area contributed by atoms with Crippen LogP contribution in [0.3, 0.4) is 0 Å². The fraction of sp³-hybridized carbons (Fsp3) is 0.643. The zero-order chi connectivity index (χ0) is 15.1. The van der Waals surface area contributed by atoms with Gasteiger partial charge in [0.25, 0.3) is 0 Å². The van der Waals surface area contributed by atoms with E-state index in [2.05, 4.69) is 9.97 Å². The Morgan fingerprint density at radius 2 is 2.15 bits per heavy atom. The van der Waals surface area contributed by atoms with E-state index < -0.39 is 5.97 Å². The molecule has 0 saturated heterocycles. The molecule has 0 aliphatic heterocycles. The van der Waals surface area contributed by atoms with Gasteiger partial charge in [-0.2, -0.15) is 0 Å². The molecule has 0 bridgehead atoms. The number of hydrogen-bond acceptors (Lipinski definition) is 5. The van der Waals surface area contributed by atoms with Crippen molar-refractivity contribution in [2.45, 2.75) is 33.6 Å². The van der Waals surface area contributed by atoms with Crippen molar-refractivity contribution in [2.75, 3.05) is 31.2 Å². The molecular formula is C14H23N3O3. The number of hydrogen-bond donors (Lipinski definition) is 1. The average molecular weight is 281 g/mol. The lowest BCUT2D eigenvalue weighted by Gasteiger charge is -2.24. The largest absolute Gasteiger partial charge is 0.476 e. The fourth-order valence-corrected chi connectivity index (χ4v) is 1.82. The first kappa shape index (κ1) is 16.4. The molecule has 0 amide bonds. The Labute approximate surface area is 119 Å². The minimum Gasteiger partial charge on any atom is -0.476 e. The molecule has 0 fully saturated rings. The maximum absolute atomic E-state index is 11.4. The predicted molar refractivity (Wildman–Crippen MR) is 77.5 cm³/mol. The number of carbonyl (C=O) groups is 1. The Kier molecular flexibility index (Phi) is 6.38. The summed E-state index contributed by atoms with van der Waals surface area (Å²) in [6, 6.07) is 0. The summed E-state index contributed by atoms with van der Waals surface area (Å²) < 4.78 is 5.32. The van der Waals surface area contributed by atoms with Crippen LogP contribution in [0, 0.1) is 0 Å². The Morgan fingerprint density at radius 3 is 2.65 bits per heavy atom. The Morgan fingerprint density at radius 1 is 1.45 bits per heavy atom. The molecule has 0 saturated carbocycles. The van der Waals surface area contributed by atoms with E-state index in [-0.39, 0.29) is 11.6 Å². The lowest BCUT2D eigenvalue weighted by molar-refractivity contribution is 0.0690. The highest BCUT2D eigenvalue weighted by Crippen LogP contribution is 2.20. The molecule has 0 aromatic carbocycles. The van der Waals surface area contributed by atoms with Crippen LogP contribution >= 0.6 is 0 Å². The van der Waals surface area contributed by atoms with Crippen LogP contribution in [0.4, 0.5) is 5.69 Å². The maximum atomic E-state index is 11.4. The van der Waals surface area contributed by atoms with E-state index in [9.17, 15) is 9.90 Å². The van der Waals surface area contributed by atoms with E-state index in [1.807, 2.05) is 32.6 Å². The molecule has 0 atom stereocenters. The molecular weight excluding hydrogens is 258 g/mol. The van der Waals surface area contributed by atoms with Crippen molar-refractivity contribution < 1.29 is 14.6 Å². The van der Waals surface area contributed by atoms with Crippen molar-refractivity contribution in [1.29, 1.82) is 0 Å². The van der Waals surface area contributed by atoms with Crippen molar-refractivity contribution in [3.8, 4) is 0 Å². The number of carboxylic acid groups (broad SMARTS) is 1. The molecule has 1 N–H and O–H groups in total. The standard InChI is InChI=1S/C14H23N3O3/c1-5-17(7-8-20-6-2)11-9-15-13(10(3)4)16-12(11)14(18)19/h9-10H,5-8H2,1-4H3,(H,18,19). The van der Waals surface area contributed by atoms with Crippen LogP contribution in [0.2, 0.25) is 0 Å². The second-order valence-electron chi connectivity index (χ2n) is 4.70. The number of nitrogens with zero attached hydrogens (tertiary/aromatic N) is 3. The van der Waals surface area contributed by atoms with Crippen LogP contribution in [0.1, 0.15) is 49.9 Å². The molecule has 0 radical (unpaired) electrons. The topological polar surface area (TPSA) is 75.5 Å². The van der Waals surface area contributed by atoms with E-state index in [1.54, 1.807) is 6.20 Å². The van der Waals surface area contributed by atoms with Gasteiger partial charge in [0.2, 0.25) is 0 Å². The Bertz CT molecular complexity index is 449. The molecule has 20 heavy (non-hydrogen) atoms. The van der Waals surface area contributed by atoms with Crippen molar-refractivity contribution in [1.82, 2.24) is 9.97 Å². The summed E-state index contributed by atoms with van der Waals surface area (Å²) in [5, 5.41) is 9.34. The first-order valence-electron chi connectivity index (χ1n) is 6.94. The van der Waals surface area contributed by atoms with Crippen molar-refractivity contribution in [3.63, 3.8) is 0 Å². The van der Waals surface area contributed by atoms with Crippen LogP contribution in [0.25, 0.3) is 0 Å². The molecule has 0 spiro atoms. The van der Waals surface area contributed by atoms with E-state index in [1.165, 1.54) is 0 Å². The second-order valence-corrected chi connectivity index (χ2v) is 4.70. The normalized spacial score (nSPS) is 10.8. The van der Waals surface area contributed by atoms with Crippen LogP contribution in [-0.4, -0.2) is 47.3 Å². The molecule has 6 nitrogen and oxygen atoms in total. The molecule has 1 aromatic rings. The van der Waals surface area contributed by atoms with E-state index in [0.717, 1.165) is 0 Å². The molecule has 112 valence electrons. The smallest absolute Gasteiger partial charge is 0.356 e. The van der Waals surface area contributed by atoms with E-state index >= 15 is 0 Å². The number of rotatable bonds is 8. The zero-order valence-electron chi connectivity index (χ0n) is 12.6. The van der Waals surface area contributed by atoms with Crippen LogP contribution in [0.5, 0.6) is 0 Å². The third-order valence-electron chi connectivity index (χ3n) is 2.94. The fourth-order valence-electron chi connectivity index (χ4n) is 1.82. The minimum atomic E-state index is -1.03. The number of carboxylic acids is 1. The highest BCUT2D eigenvalue weighted by Gasteiger charge is 2.19. The van der Waals surface area contributed by atoms with Crippen molar-refractivity contribution in [2.24, 2.45) is 0 Å². The number of aromatic nitrogens is 2. The lowest BCUT2D eigenvalue weighted by Crippen LogP contribution is -2.29. The summed E-state index contributed by atoms with van der Waals surface area (Å²) in [7, 11) is 0. The second kappa shape index (κ2) is 7.79. The summed E-state index contributed by atoms with van der Waals surface area (Å²) in [5.74, 6) is -0.383. The summed E-state index contributed by atoms with van der Waals surface area (Å²) in [5.41, 5.74) is 0.603. The summed E-state index contributed by atoms with van der Waals surface area (Å²) in [6.45, 7) is 10.3. The Balaban J connectivity index is 3.04. The van der Waals surface area contributed by atoms with Gasteiger partial charge in [-0.1, -0.05) is 13.8 Å². The highest BCUT2D eigenvalue weighted by molar-refractivity contribution is 5.92. The van der Waals surface area contributed by atoms with Crippen LogP contribution in [-0.2, 0) is 4.74 Å². The summed E-state index contributed by atoms with van der Waals surface area (Å²) in [4.78, 5) is 21.8. The quantitative estimate of drug-likeness (QED) is 0.736. The first-order chi connectivity index (χ1) is 9.51. The van der Waals surface area contributed by atoms with Gasteiger partial charge in [-0.3, -0.25) is 0 Å². The third kappa shape index (κ3) is 4.16. The minimum absolute atomic E-state index is 0.0575. The van der Waals surface area contributed by atoms with E-state index in [4.69, 9.17) is 4.74 Å². The molecule has 1 rings (SSSR count). The zero-order valence-corrected chi connectivity index (χ0v) is 12.6. The van der Waals surface area contributed by atoms with Gasteiger partial charge in [0.05, 0.1) is 18.5 Å². The number of likely N-dealkylation sites (N-methyl/N-ethyl adjacent to an activating group) is 1. The maximum Gasteiger partial charge on any atom is 0.356 e. The lowest BCUT2D eigenvalue weighted by atomic mass is 10.2. The summed E-state index contributed by atoms with van der Waals surface area (Å²) >= 11 is 0. The number of ether oxygens (including phenoxy) is 1. The molecule has 1 aromatic heterocycles. The SMILES string of the molecule is CCOCCN(CC)c1cnc(C(C)C)nc1C(=O)O. The summed E-state index contributed by atoms with van der Waals surface area (Å²) in [6.07, 6.45) is 1.60. The Hall–Kier alpha value is -1.69. The molecule has 1 heterocycles. The van der Waals surface area contributed by atoms with E-state index in [0.29, 0.717) is 37.8 Å². The van der Waals surface area contributed by atoms with Gasteiger partial charge in [0.15, 0.2) is 5.69 Å². The predicted octanol–water partition coefficient (Wildman–Crippen LogP) is 2.16. The third-order valence-corrected chi connectivity index (χ3v) is 2.94. The molecule has 0 aliphatic rings. The van der Waals surface area contributed by atoms with Gasteiger partial charge >= 0.3 is 5.97 Å². The van der Waals surface area contributed by atoms with Gasteiger partial charge in [-0.15, -0.1) is 0 Å². The number of aromatic carboxylic acids is 1.